The van der Waals surface area contributed by atoms with E-state index in [9.17, 15) is 18.8 Å². The van der Waals surface area contributed by atoms with Crippen LogP contribution in [0.2, 0.25) is 5.02 Å². The van der Waals surface area contributed by atoms with Crippen molar-refractivity contribution >= 4 is 29.3 Å². The summed E-state index contributed by atoms with van der Waals surface area (Å²) in [6.45, 7) is 3.91. The molecule has 2 aromatic rings. The molecule has 0 bridgehead atoms. The maximum atomic E-state index is 13.2. The molecule has 0 atom stereocenters. The van der Waals surface area contributed by atoms with Crippen LogP contribution in [-0.4, -0.2) is 47.2 Å². The van der Waals surface area contributed by atoms with E-state index in [0.717, 1.165) is 5.56 Å². The number of rotatable bonds is 6. The van der Waals surface area contributed by atoms with E-state index in [-0.39, 0.29) is 17.5 Å². The summed E-state index contributed by atoms with van der Waals surface area (Å²) in [6.07, 6.45) is 0. The molecule has 8 heteroatoms. The van der Waals surface area contributed by atoms with Gasteiger partial charge in [0.1, 0.15) is 5.82 Å². The first kappa shape index (κ1) is 20.8. The van der Waals surface area contributed by atoms with Crippen molar-refractivity contribution in [3.05, 3.63) is 70.0 Å². The lowest BCUT2D eigenvalue weighted by atomic mass is 10.1. The summed E-state index contributed by atoms with van der Waals surface area (Å²) in [4.78, 5) is 39.5. The van der Waals surface area contributed by atoms with Gasteiger partial charge in [0.25, 0.3) is 5.91 Å². The zero-order valence-corrected chi connectivity index (χ0v) is 16.7. The van der Waals surface area contributed by atoms with Gasteiger partial charge < -0.3 is 15.1 Å². The third-order valence-corrected chi connectivity index (χ3v) is 5.10. The minimum atomic E-state index is -0.506. The summed E-state index contributed by atoms with van der Waals surface area (Å²) in [6, 6.07) is 11.1. The fraction of sp³-hybridized carbons (Fsp3) is 0.286. The Bertz CT molecular complexity index is 933. The molecule has 0 aromatic heterocycles. The fourth-order valence-corrected chi connectivity index (χ4v) is 3.29. The molecule has 1 N–H and O–H groups in total. The number of carbonyl (C=O) groups is 3. The number of halogens is 2. The van der Waals surface area contributed by atoms with Crippen LogP contribution in [-0.2, 0) is 22.7 Å². The predicted molar refractivity (Wildman–Crippen MR) is 107 cm³/mol. The lowest BCUT2D eigenvalue weighted by Crippen LogP contribution is -2.53. The molecule has 1 saturated heterocycles. The van der Waals surface area contributed by atoms with Gasteiger partial charge in [-0.2, -0.15) is 0 Å². The van der Waals surface area contributed by atoms with Crippen LogP contribution in [0.3, 0.4) is 0 Å². The van der Waals surface area contributed by atoms with Crippen molar-refractivity contribution in [2.45, 2.75) is 20.0 Å². The first-order valence-electron chi connectivity index (χ1n) is 9.28. The van der Waals surface area contributed by atoms with Gasteiger partial charge in [-0.25, -0.2) is 4.39 Å². The highest BCUT2D eigenvalue weighted by molar-refractivity contribution is 6.35. The van der Waals surface area contributed by atoms with Crippen LogP contribution < -0.4 is 5.32 Å². The Hall–Kier alpha value is -2.93. The van der Waals surface area contributed by atoms with E-state index >= 15 is 0 Å². The van der Waals surface area contributed by atoms with E-state index in [1.54, 1.807) is 30.3 Å². The van der Waals surface area contributed by atoms with Crippen LogP contribution in [0.1, 0.15) is 28.4 Å². The van der Waals surface area contributed by atoms with E-state index in [4.69, 9.17) is 11.6 Å². The molecule has 1 aliphatic heterocycles. The molecule has 1 fully saturated rings. The summed E-state index contributed by atoms with van der Waals surface area (Å²) < 4.78 is 13.2. The predicted octanol–water partition coefficient (Wildman–Crippen LogP) is 2.60. The van der Waals surface area contributed by atoms with Crippen molar-refractivity contribution in [1.29, 1.82) is 0 Å². The Kier molecular flexibility index (Phi) is 6.49. The summed E-state index contributed by atoms with van der Waals surface area (Å²) in [7, 11) is 0. The number of amides is 3. The van der Waals surface area contributed by atoms with Crippen molar-refractivity contribution in [3.63, 3.8) is 0 Å². The normalized spacial score (nSPS) is 14.3. The van der Waals surface area contributed by atoms with Crippen molar-refractivity contribution in [1.82, 2.24) is 15.1 Å². The van der Waals surface area contributed by atoms with Crippen LogP contribution in [0, 0.1) is 5.82 Å². The summed E-state index contributed by atoms with van der Waals surface area (Å²) >= 11 is 5.74. The maximum absolute atomic E-state index is 13.2. The Labute approximate surface area is 173 Å². The molecule has 152 valence electrons. The molecule has 0 saturated carbocycles. The second kappa shape index (κ2) is 9.05. The highest BCUT2D eigenvalue weighted by atomic mass is 35.5. The van der Waals surface area contributed by atoms with Crippen molar-refractivity contribution in [2.75, 3.05) is 19.6 Å². The molecule has 6 nitrogen and oxygen atoms in total. The summed E-state index contributed by atoms with van der Waals surface area (Å²) in [5, 5.41) is 2.76. The molecule has 3 amide bonds. The van der Waals surface area contributed by atoms with Crippen molar-refractivity contribution in [3.8, 4) is 0 Å². The minimum Gasteiger partial charge on any atom is -0.348 e. The third-order valence-electron chi connectivity index (χ3n) is 4.81. The van der Waals surface area contributed by atoms with Crippen molar-refractivity contribution < 1.29 is 18.8 Å². The summed E-state index contributed by atoms with van der Waals surface area (Å²) in [5.74, 6) is -1.76. The summed E-state index contributed by atoms with van der Waals surface area (Å²) in [5.41, 5.74) is 1.98. The standard InChI is InChI=1S/C21H21ClFN3O3/c1-2-25-9-10-26(21(29)20(25)28)13-14-3-6-16(7-4-14)19(27)24-12-15-5-8-18(23)17(22)11-15/h3-8,11H,2,9-10,12-13H2,1H3,(H,24,27). The lowest BCUT2D eigenvalue weighted by Gasteiger charge is -2.33. The fourth-order valence-electron chi connectivity index (χ4n) is 3.08. The topological polar surface area (TPSA) is 69.7 Å². The monoisotopic (exact) mass is 417 g/mol. The van der Waals surface area contributed by atoms with E-state index in [1.165, 1.54) is 21.9 Å². The largest absolute Gasteiger partial charge is 0.348 e. The highest BCUT2D eigenvalue weighted by Crippen LogP contribution is 2.16. The average Bonchev–Trinajstić information content (AvgIpc) is 2.73. The second-order valence-electron chi connectivity index (χ2n) is 6.74. The lowest BCUT2D eigenvalue weighted by molar-refractivity contribution is -0.156. The second-order valence-corrected chi connectivity index (χ2v) is 7.15. The molecule has 0 radical (unpaired) electrons. The number of hydrogen-bond donors (Lipinski definition) is 1. The Morgan fingerprint density at radius 3 is 2.31 bits per heavy atom. The molecule has 29 heavy (non-hydrogen) atoms. The number of nitrogens with one attached hydrogen (secondary N) is 1. The highest BCUT2D eigenvalue weighted by Gasteiger charge is 2.31. The Morgan fingerprint density at radius 2 is 1.66 bits per heavy atom. The number of likely N-dealkylation sites (N-methyl/N-ethyl adjacent to an activating group) is 1. The molecular weight excluding hydrogens is 397 g/mol. The quantitative estimate of drug-likeness (QED) is 0.734. The zero-order chi connectivity index (χ0) is 21.0. The molecule has 0 aliphatic carbocycles. The number of benzene rings is 2. The molecule has 2 aromatic carbocycles. The Balaban J connectivity index is 1.56. The van der Waals surface area contributed by atoms with Gasteiger partial charge in [-0.3, -0.25) is 14.4 Å². The van der Waals surface area contributed by atoms with Crippen LogP contribution >= 0.6 is 11.6 Å². The first-order chi connectivity index (χ1) is 13.9. The minimum absolute atomic E-state index is 0.00824. The van der Waals surface area contributed by atoms with E-state index in [2.05, 4.69) is 5.32 Å². The number of carbonyl (C=O) groups excluding carboxylic acids is 3. The van der Waals surface area contributed by atoms with Gasteiger partial charge in [-0.1, -0.05) is 29.8 Å². The number of nitrogens with zero attached hydrogens (tertiary/aromatic N) is 2. The third kappa shape index (κ3) is 4.92. The molecule has 0 unspecified atom stereocenters. The molecule has 1 aliphatic rings. The molecular formula is C21H21ClFN3O3. The molecule has 0 spiro atoms. The van der Waals surface area contributed by atoms with Crippen LogP contribution in [0.25, 0.3) is 0 Å². The Morgan fingerprint density at radius 1 is 1.03 bits per heavy atom. The van der Waals surface area contributed by atoms with Gasteiger partial charge in [-0.05, 0) is 42.3 Å². The van der Waals surface area contributed by atoms with Gasteiger partial charge in [0.15, 0.2) is 0 Å². The van der Waals surface area contributed by atoms with E-state index in [0.29, 0.717) is 37.3 Å². The maximum Gasteiger partial charge on any atom is 0.312 e. The SMILES string of the molecule is CCN1CCN(Cc2ccc(C(=O)NCc3ccc(F)c(Cl)c3)cc2)C(=O)C1=O. The van der Waals surface area contributed by atoms with Gasteiger partial charge in [0.2, 0.25) is 0 Å². The first-order valence-corrected chi connectivity index (χ1v) is 9.66. The van der Waals surface area contributed by atoms with Gasteiger partial charge in [0, 0.05) is 38.3 Å². The number of piperazine rings is 1. The number of hydrogen-bond acceptors (Lipinski definition) is 3. The van der Waals surface area contributed by atoms with E-state index in [1.807, 2.05) is 6.92 Å². The van der Waals surface area contributed by atoms with Gasteiger partial charge in [0.05, 0.1) is 5.02 Å². The van der Waals surface area contributed by atoms with Gasteiger partial charge in [-0.15, -0.1) is 0 Å². The van der Waals surface area contributed by atoms with Crippen LogP contribution in [0.4, 0.5) is 4.39 Å². The van der Waals surface area contributed by atoms with Crippen LogP contribution in [0.15, 0.2) is 42.5 Å². The molecule has 3 rings (SSSR count). The van der Waals surface area contributed by atoms with E-state index < -0.39 is 17.6 Å². The van der Waals surface area contributed by atoms with Gasteiger partial charge >= 0.3 is 11.8 Å². The van der Waals surface area contributed by atoms with Crippen molar-refractivity contribution in [2.24, 2.45) is 0 Å². The zero-order valence-electron chi connectivity index (χ0n) is 16.0. The average molecular weight is 418 g/mol. The molecule has 1 heterocycles. The smallest absolute Gasteiger partial charge is 0.312 e. The van der Waals surface area contributed by atoms with Crippen LogP contribution in [0.5, 0.6) is 0 Å².